The molecule has 7 heteroatoms. The van der Waals surface area contributed by atoms with Crippen LogP contribution in [-0.2, 0) is 6.42 Å². The van der Waals surface area contributed by atoms with E-state index in [1.807, 2.05) is 63.2 Å². The molecule has 0 saturated carbocycles. The number of nitrogen functional groups attached to an aromatic ring is 1. The minimum Gasteiger partial charge on any atom is -0.491 e. The number of hydrogen-bond donors (Lipinski definition) is 2. The number of carbonyl (C=O) groups excluding carboxylic acids is 1. The SMILES string of the molecule is Cc1nc2ccc(-n3ncc(C(=O)C4=Cc5cc(OC(C)C)ccc5C4)c3N)cc2[nH]1. The highest BCUT2D eigenvalue weighted by Crippen LogP contribution is 2.32. The van der Waals surface area contributed by atoms with Crippen LogP contribution in [0.5, 0.6) is 5.75 Å². The van der Waals surface area contributed by atoms with E-state index < -0.39 is 0 Å². The summed E-state index contributed by atoms with van der Waals surface area (Å²) >= 11 is 0. The molecule has 1 aliphatic rings. The number of aryl methyl sites for hydroxylation is 1. The van der Waals surface area contributed by atoms with Crippen molar-refractivity contribution in [2.24, 2.45) is 0 Å². The predicted octanol–water partition coefficient (Wildman–Crippen LogP) is 4.25. The van der Waals surface area contributed by atoms with Gasteiger partial charge in [0.05, 0.1) is 34.6 Å². The quantitative estimate of drug-likeness (QED) is 0.477. The Morgan fingerprint density at radius 3 is 2.87 bits per heavy atom. The Kier molecular flexibility index (Phi) is 4.39. The molecule has 3 N–H and O–H groups in total. The summed E-state index contributed by atoms with van der Waals surface area (Å²) in [5.74, 6) is 1.85. The van der Waals surface area contributed by atoms with Crippen molar-refractivity contribution in [1.29, 1.82) is 0 Å². The molecule has 0 amide bonds. The van der Waals surface area contributed by atoms with Crippen molar-refractivity contribution >= 4 is 28.7 Å². The Balaban J connectivity index is 1.44. The number of aromatic nitrogens is 4. The number of H-pyrrole nitrogens is 1. The fourth-order valence-electron chi connectivity index (χ4n) is 3.97. The van der Waals surface area contributed by atoms with Gasteiger partial charge in [0.1, 0.15) is 17.4 Å². The zero-order chi connectivity index (χ0) is 21.7. The van der Waals surface area contributed by atoms with Crippen LogP contribution in [0.2, 0.25) is 0 Å². The van der Waals surface area contributed by atoms with E-state index in [2.05, 4.69) is 15.1 Å². The minimum atomic E-state index is -0.107. The third kappa shape index (κ3) is 3.38. The first-order chi connectivity index (χ1) is 14.9. The van der Waals surface area contributed by atoms with Crippen molar-refractivity contribution in [1.82, 2.24) is 19.7 Å². The van der Waals surface area contributed by atoms with Crippen LogP contribution >= 0.6 is 0 Å². The summed E-state index contributed by atoms with van der Waals surface area (Å²) in [4.78, 5) is 20.8. The predicted molar refractivity (Wildman–Crippen MR) is 121 cm³/mol. The second-order valence-corrected chi connectivity index (χ2v) is 8.08. The number of allylic oxidation sites excluding steroid dienone is 1. The van der Waals surface area contributed by atoms with Crippen LogP contribution in [0, 0.1) is 6.92 Å². The van der Waals surface area contributed by atoms with Gasteiger partial charge in [-0.1, -0.05) is 6.07 Å². The number of imidazole rings is 1. The van der Waals surface area contributed by atoms with E-state index >= 15 is 0 Å². The van der Waals surface area contributed by atoms with E-state index in [9.17, 15) is 4.79 Å². The van der Waals surface area contributed by atoms with E-state index in [1.54, 1.807) is 4.68 Å². The lowest BCUT2D eigenvalue weighted by molar-refractivity contribution is 0.103. The van der Waals surface area contributed by atoms with Gasteiger partial charge in [0.25, 0.3) is 0 Å². The van der Waals surface area contributed by atoms with Crippen LogP contribution in [0.1, 0.15) is 41.2 Å². The maximum atomic E-state index is 13.2. The van der Waals surface area contributed by atoms with Crippen LogP contribution < -0.4 is 10.5 Å². The van der Waals surface area contributed by atoms with Gasteiger partial charge in [-0.2, -0.15) is 5.10 Å². The number of nitrogens with one attached hydrogen (secondary N) is 1. The molecule has 7 nitrogen and oxygen atoms in total. The Labute approximate surface area is 179 Å². The van der Waals surface area contributed by atoms with Gasteiger partial charge in [-0.25, -0.2) is 9.67 Å². The number of carbonyl (C=O) groups is 1. The van der Waals surface area contributed by atoms with Gasteiger partial charge in [0.15, 0.2) is 5.78 Å². The average molecular weight is 413 g/mol. The van der Waals surface area contributed by atoms with Gasteiger partial charge in [-0.3, -0.25) is 4.79 Å². The van der Waals surface area contributed by atoms with E-state index in [-0.39, 0.29) is 11.9 Å². The van der Waals surface area contributed by atoms with Gasteiger partial charge in [0.2, 0.25) is 0 Å². The molecule has 4 aromatic rings. The van der Waals surface area contributed by atoms with Gasteiger partial charge in [-0.05, 0) is 68.3 Å². The molecule has 0 fully saturated rings. The number of fused-ring (bicyclic) bond motifs is 2. The Bertz CT molecular complexity index is 1360. The van der Waals surface area contributed by atoms with E-state index in [4.69, 9.17) is 10.5 Å². The first kappa shape index (κ1) is 19.1. The normalized spacial score (nSPS) is 13.0. The second kappa shape index (κ2) is 7.12. The summed E-state index contributed by atoms with van der Waals surface area (Å²) in [5, 5.41) is 4.38. The molecule has 0 unspecified atom stereocenters. The lowest BCUT2D eigenvalue weighted by atomic mass is 10.0. The molecule has 0 saturated heterocycles. The van der Waals surface area contributed by atoms with Crippen molar-refractivity contribution in [3.8, 4) is 11.4 Å². The van der Waals surface area contributed by atoms with Crippen LogP contribution in [0.4, 0.5) is 5.82 Å². The van der Waals surface area contributed by atoms with E-state index in [0.29, 0.717) is 23.4 Å². The second-order valence-electron chi connectivity index (χ2n) is 8.08. The van der Waals surface area contributed by atoms with Crippen molar-refractivity contribution in [2.75, 3.05) is 5.73 Å². The molecule has 0 radical (unpaired) electrons. The molecule has 2 heterocycles. The van der Waals surface area contributed by atoms with Gasteiger partial charge >= 0.3 is 0 Å². The van der Waals surface area contributed by atoms with E-state index in [1.165, 1.54) is 6.20 Å². The summed E-state index contributed by atoms with van der Waals surface area (Å²) in [6.45, 7) is 5.89. The topological polar surface area (TPSA) is 98.8 Å². The van der Waals surface area contributed by atoms with Crippen LogP contribution in [0.15, 0.2) is 48.2 Å². The lowest BCUT2D eigenvalue weighted by Gasteiger charge is -2.10. The third-order valence-electron chi connectivity index (χ3n) is 5.37. The van der Waals surface area contributed by atoms with Crippen molar-refractivity contribution in [2.45, 2.75) is 33.3 Å². The molecular formula is C24H23N5O2. The van der Waals surface area contributed by atoms with Crippen molar-refractivity contribution in [3.63, 3.8) is 0 Å². The first-order valence-corrected chi connectivity index (χ1v) is 10.2. The monoisotopic (exact) mass is 413 g/mol. The molecular weight excluding hydrogens is 390 g/mol. The summed E-state index contributed by atoms with van der Waals surface area (Å²) in [6, 6.07) is 11.7. The van der Waals surface area contributed by atoms with Crippen molar-refractivity contribution in [3.05, 3.63) is 70.7 Å². The van der Waals surface area contributed by atoms with Crippen LogP contribution in [0.25, 0.3) is 22.8 Å². The molecule has 0 atom stereocenters. The van der Waals surface area contributed by atoms with Crippen LogP contribution in [-0.4, -0.2) is 31.6 Å². The highest BCUT2D eigenvalue weighted by Gasteiger charge is 2.24. The third-order valence-corrected chi connectivity index (χ3v) is 5.37. The minimum absolute atomic E-state index is 0.0973. The number of aromatic amines is 1. The number of nitrogens with two attached hydrogens (primary N) is 1. The number of nitrogens with zero attached hydrogens (tertiary/aromatic N) is 3. The molecule has 1 aliphatic carbocycles. The molecule has 2 aromatic heterocycles. The van der Waals surface area contributed by atoms with Gasteiger partial charge in [-0.15, -0.1) is 0 Å². The summed E-state index contributed by atoms with van der Waals surface area (Å²) in [7, 11) is 0. The molecule has 0 aliphatic heterocycles. The smallest absolute Gasteiger partial charge is 0.194 e. The number of benzene rings is 2. The zero-order valence-electron chi connectivity index (χ0n) is 17.6. The molecule has 0 bridgehead atoms. The molecule has 2 aromatic carbocycles. The fraction of sp³-hybridized carbons (Fsp3) is 0.208. The van der Waals surface area contributed by atoms with Gasteiger partial charge in [0, 0.05) is 12.0 Å². The summed E-state index contributed by atoms with van der Waals surface area (Å²) in [5.41, 5.74) is 12.1. The van der Waals surface area contributed by atoms with Crippen LogP contribution in [0.3, 0.4) is 0 Å². The lowest BCUT2D eigenvalue weighted by Crippen LogP contribution is -2.08. The number of Topliss-reactive ketones (excluding diaryl/α,β-unsaturated/α-hetero) is 1. The average Bonchev–Trinajstić information content (AvgIpc) is 3.41. The number of rotatable bonds is 5. The number of anilines is 1. The first-order valence-electron chi connectivity index (χ1n) is 10.2. The van der Waals surface area contributed by atoms with E-state index in [0.717, 1.165) is 39.4 Å². The fourth-order valence-corrected chi connectivity index (χ4v) is 3.97. The number of hydrogen-bond acceptors (Lipinski definition) is 5. The highest BCUT2D eigenvalue weighted by molar-refractivity contribution is 6.15. The van der Waals surface area contributed by atoms with Gasteiger partial charge < -0.3 is 15.5 Å². The number of ether oxygens (including phenoxy) is 1. The molecule has 31 heavy (non-hydrogen) atoms. The standard InChI is InChI=1S/C24H23N5O2/c1-13(2)31-19-6-4-15-8-17(9-16(15)10-19)23(30)20-12-26-29(24(20)25)18-5-7-21-22(11-18)28-14(3)27-21/h4-7,9-13H,8,25H2,1-3H3,(H,27,28). The zero-order valence-corrected chi connectivity index (χ0v) is 17.6. The Hall–Kier alpha value is -3.87. The maximum absolute atomic E-state index is 13.2. The largest absolute Gasteiger partial charge is 0.491 e. The molecule has 156 valence electrons. The summed E-state index contributed by atoms with van der Waals surface area (Å²) < 4.78 is 7.35. The Morgan fingerprint density at radius 2 is 2.06 bits per heavy atom. The maximum Gasteiger partial charge on any atom is 0.194 e. The molecule has 5 rings (SSSR count). The molecule has 0 spiro atoms. The summed E-state index contributed by atoms with van der Waals surface area (Å²) in [6.07, 6.45) is 4.12. The highest BCUT2D eigenvalue weighted by atomic mass is 16.5. The number of ketones is 1. The van der Waals surface area contributed by atoms with Crippen molar-refractivity contribution < 1.29 is 9.53 Å². The Morgan fingerprint density at radius 1 is 1.23 bits per heavy atom.